The van der Waals surface area contributed by atoms with E-state index in [1.807, 2.05) is 0 Å². The summed E-state index contributed by atoms with van der Waals surface area (Å²) in [5.74, 6) is 1.68. The lowest BCUT2D eigenvalue weighted by Gasteiger charge is -2.24. The zero-order valence-corrected chi connectivity index (χ0v) is 11.9. The fourth-order valence-corrected chi connectivity index (χ4v) is 3.47. The van der Waals surface area contributed by atoms with Crippen LogP contribution in [0.2, 0.25) is 0 Å². The molecule has 4 nitrogen and oxygen atoms in total. The average Bonchev–Trinajstić information content (AvgIpc) is 2.84. The lowest BCUT2D eigenvalue weighted by Crippen LogP contribution is -2.43. The van der Waals surface area contributed by atoms with E-state index < -0.39 is 0 Å². The topological polar surface area (TPSA) is 44.4 Å². The highest BCUT2D eigenvalue weighted by molar-refractivity contribution is 5.78. The summed E-state index contributed by atoms with van der Waals surface area (Å²) in [6.45, 7) is 10.4. The number of carbonyl (C=O) groups excluding carboxylic acids is 1. The Morgan fingerprint density at radius 3 is 2.94 bits per heavy atom. The van der Waals surface area contributed by atoms with Crippen LogP contribution in [0.5, 0.6) is 0 Å². The largest absolute Gasteiger partial charge is 0.353 e. The van der Waals surface area contributed by atoms with Gasteiger partial charge in [-0.2, -0.15) is 0 Å². The first kappa shape index (κ1) is 13.8. The van der Waals surface area contributed by atoms with Crippen molar-refractivity contribution in [3.63, 3.8) is 0 Å². The molecule has 0 spiro atoms. The lowest BCUT2D eigenvalue weighted by atomic mass is 9.95. The van der Waals surface area contributed by atoms with Crippen LogP contribution >= 0.6 is 0 Å². The second-order valence-electron chi connectivity index (χ2n) is 6.01. The summed E-state index contributed by atoms with van der Waals surface area (Å²) >= 11 is 0. The fraction of sp³-hybridized carbons (Fsp3) is 0.929. The molecule has 0 aromatic heterocycles. The van der Waals surface area contributed by atoms with Gasteiger partial charge in [0.15, 0.2) is 0 Å². The van der Waals surface area contributed by atoms with Crippen molar-refractivity contribution in [2.75, 3.05) is 26.2 Å². The molecule has 104 valence electrons. The SMILES string of the molecule is CCCC(C)NC(=O)CN1CC2CNCC2C1C. The van der Waals surface area contributed by atoms with Gasteiger partial charge in [-0.3, -0.25) is 9.69 Å². The fourth-order valence-electron chi connectivity index (χ4n) is 3.47. The zero-order chi connectivity index (χ0) is 13.1. The molecule has 18 heavy (non-hydrogen) atoms. The van der Waals surface area contributed by atoms with Crippen molar-refractivity contribution in [3.8, 4) is 0 Å². The Bertz CT molecular complexity index is 295. The third-order valence-electron chi connectivity index (χ3n) is 4.53. The van der Waals surface area contributed by atoms with Crippen molar-refractivity contribution < 1.29 is 4.79 Å². The molecule has 0 saturated carbocycles. The van der Waals surface area contributed by atoms with E-state index in [0.717, 1.165) is 44.3 Å². The van der Waals surface area contributed by atoms with Crippen molar-refractivity contribution in [2.45, 2.75) is 45.7 Å². The van der Waals surface area contributed by atoms with Gasteiger partial charge < -0.3 is 10.6 Å². The molecule has 0 aliphatic carbocycles. The smallest absolute Gasteiger partial charge is 0.234 e. The van der Waals surface area contributed by atoms with E-state index in [1.165, 1.54) is 0 Å². The molecular formula is C14H27N3O. The van der Waals surface area contributed by atoms with E-state index in [-0.39, 0.29) is 5.91 Å². The predicted octanol–water partition coefficient (Wildman–Crippen LogP) is 0.831. The summed E-state index contributed by atoms with van der Waals surface area (Å²) < 4.78 is 0. The molecule has 2 saturated heterocycles. The Morgan fingerprint density at radius 1 is 1.50 bits per heavy atom. The molecule has 2 fully saturated rings. The molecule has 2 N–H and O–H groups in total. The zero-order valence-electron chi connectivity index (χ0n) is 11.9. The highest BCUT2D eigenvalue weighted by atomic mass is 16.2. The molecule has 1 amide bonds. The van der Waals surface area contributed by atoms with E-state index in [2.05, 4.69) is 36.3 Å². The Hall–Kier alpha value is -0.610. The summed E-state index contributed by atoms with van der Waals surface area (Å²) in [5.41, 5.74) is 0. The maximum Gasteiger partial charge on any atom is 0.234 e. The summed E-state index contributed by atoms with van der Waals surface area (Å²) in [7, 11) is 0. The molecular weight excluding hydrogens is 226 g/mol. The van der Waals surface area contributed by atoms with Crippen LogP contribution in [0.3, 0.4) is 0 Å². The first-order chi connectivity index (χ1) is 8.61. The first-order valence-corrected chi connectivity index (χ1v) is 7.36. The summed E-state index contributed by atoms with van der Waals surface area (Å²) in [4.78, 5) is 14.3. The van der Waals surface area contributed by atoms with Crippen LogP contribution in [0.1, 0.15) is 33.6 Å². The molecule has 0 bridgehead atoms. The minimum absolute atomic E-state index is 0.190. The molecule has 2 rings (SSSR count). The predicted molar refractivity (Wildman–Crippen MR) is 73.4 cm³/mol. The number of carbonyl (C=O) groups is 1. The van der Waals surface area contributed by atoms with E-state index in [9.17, 15) is 4.79 Å². The van der Waals surface area contributed by atoms with Crippen LogP contribution in [-0.4, -0.2) is 49.1 Å². The minimum Gasteiger partial charge on any atom is -0.353 e. The van der Waals surface area contributed by atoms with Gasteiger partial charge in [-0.15, -0.1) is 0 Å². The van der Waals surface area contributed by atoms with Gasteiger partial charge in [-0.25, -0.2) is 0 Å². The number of hydrogen-bond donors (Lipinski definition) is 2. The average molecular weight is 253 g/mol. The van der Waals surface area contributed by atoms with Crippen LogP contribution in [0.25, 0.3) is 0 Å². The second kappa shape index (κ2) is 6.02. The number of nitrogens with one attached hydrogen (secondary N) is 2. The maximum absolute atomic E-state index is 12.0. The number of rotatable bonds is 5. The van der Waals surface area contributed by atoms with Crippen LogP contribution in [0.15, 0.2) is 0 Å². The quantitative estimate of drug-likeness (QED) is 0.763. The summed E-state index contributed by atoms with van der Waals surface area (Å²) in [6.07, 6.45) is 2.19. The highest BCUT2D eigenvalue weighted by Gasteiger charge is 2.42. The van der Waals surface area contributed by atoms with Crippen molar-refractivity contribution >= 4 is 5.91 Å². The number of amides is 1. The number of nitrogens with zero attached hydrogens (tertiary/aromatic N) is 1. The normalized spacial score (nSPS) is 33.4. The van der Waals surface area contributed by atoms with Gasteiger partial charge in [0, 0.05) is 18.6 Å². The number of hydrogen-bond acceptors (Lipinski definition) is 3. The van der Waals surface area contributed by atoms with Gasteiger partial charge in [0.2, 0.25) is 5.91 Å². The molecule has 2 aliphatic heterocycles. The standard InChI is InChI=1S/C14H27N3O/c1-4-5-10(2)16-14(18)9-17-8-12-6-15-7-13(12)11(17)3/h10-13,15H,4-9H2,1-3H3,(H,16,18). The molecule has 0 aromatic carbocycles. The van der Waals surface area contributed by atoms with Gasteiger partial charge in [0.1, 0.15) is 0 Å². The second-order valence-corrected chi connectivity index (χ2v) is 6.01. The van der Waals surface area contributed by atoms with Crippen LogP contribution < -0.4 is 10.6 Å². The lowest BCUT2D eigenvalue weighted by molar-refractivity contribution is -0.123. The summed E-state index contributed by atoms with van der Waals surface area (Å²) in [5, 5.41) is 6.55. The number of likely N-dealkylation sites (tertiary alicyclic amines) is 1. The van der Waals surface area contributed by atoms with E-state index in [4.69, 9.17) is 0 Å². The third kappa shape index (κ3) is 3.04. The minimum atomic E-state index is 0.190. The highest BCUT2D eigenvalue weighted by Crippen LogP contribution is 2.31. The molecule has 4 unspecified atom stereocenters. The first-order valence-electron chi connectivity index (χ1n) is 7.36. The van der Waals surface area contributed by atoms with Crippen LogP contribution in [0, 0.1) is 11.8 Å². The Balaban J connectivity index is 1.78. The molecule has 4 heteroatoms. The van der Waals surface area contributed by atoms with Crippen LogP contribution in [-0.2, 0) is 4.79 Å². The monoisotopic (exact) mass is 253 g/mol. The third-order valence-corrected chi connectivity index (χ3v) is 4.53. The molecule has 2 heterocycles. The van der Waals surface area contributed by atoms with Gasteiger partial charge in [-0.1, -0.05) is 13.3 Å². The molecule has 4 atom stereocenters. The van der Waals surface area contributed by atoms with Crippen molar-refractivity contribution in [1.29, 1.82) is 0 Å². The van der Waals surface area contributed by atoms with E-state index in [0.29, 0.717) is 18.6 Å². The molecule has 0 radical (unpaired) electrons. The van der Waals surface area contributed by atoms with Crippen LogP contribution in [0.4, 0.5) is 0 Å². The van der Waals surface area contributed by atoms with E-state index >= 15 is 0 Å². The van der Waals surface area contributed by atoms with Gasteiger partial charge in [0.25, 0.3) is 0 Å². The maximum atomic E-state index is 12.0. The van der Waals surface area contributed by atoms with Gasteiger partial charge >= 0.3 is 0 Å². The Labute approximate surface area is 110 Å². The van der Waals surface area contributed by atoms with Crippen molar-refractivity contribution in [2.24, 2.45) is 11.8 Å². The number of fused-ring (bicyclic) bond motifs is 1. The molecule has 0 aromatic rings. The van der Waals surface area contributed by atoms with Gasteiger partial charge in [-0.05, 0) is 45.2 Å². The molecule has 2 aliphatic rings. The van der Waals surface area contributed by atoms with Crippen molar-refractivity contribution in [1.82, 2.24) is 15.5 Å². The Morgan fingerprint density at radius 2 is 2.28 bits per heavy atom. The van der Waals surface area contributed by atoms with Crippen molar-refractivity contribution in [3.05, 3.63) is 0 Å². The summed E-state index contributed by atoms with van der Waals surface area (Å²) in [6, 6.07) is 0.846. The van der Waals surface area contributed by atoms with E-state index in [1.54, 1.807) is 0 Å². The Kier molecular flexibility index (Phi) is 4.62. The van der Waals surface area contributed by atoms with Gasteiger partial charge in [0.05, 0.1) is 6.54 Å².